The highest BCUT2D eigenvalue weighted by atomic mass is 79.9. The maximum atomic E-state index is 12.5. The van der Waals surface area contributed by atoms with Crippen molar-refractivity contribution in [1.82, 2.24) is 5.43 Å². The van der Waals surface area contributed by atoms with Crippen LogP contribution in [-0.4, -0.2) is 32.9 Å². The molecule has 0 aliphatic rings. The minimum absolute atomic E-state index is 0.370. The van der Waals surface area contributed by atoms with Crippen molar-refractivity contribution in [2.45, 2.75) is 20.0 Å². The summed E-state index contributed by atoms with van der Waals surface area (Å²) in [6.07, 6.45) is 2.41. The first-order valence-electron chi connectivity index (χ1n) is 10.7. The fourth-order valence-corrected chi connectivity index (χ4v) is 3.63. The van der Waals surface area contributed by atoms with E-state index in [0.717, 1.165) is 17.5 Å². The summed E-state index contributed by atoms with van der Waals surface area (Å²) >= 11 is 3.53. The first-order chi connectivity index (χ1) is 16.5. The molecule has 0 fully saturated rings. The second-order valence-electron chi connectivity index (χ2n) is 7.22. The van der Waals surface area contributed by atoms with Crippen LogP contribution in [0.2, 0.25) is 0 Å². The van der Waals surface area contributed by atoms with E-state index in [0.29, 0.717) is 46.2 Å². The quantitative estimate of drug-likeness (QED) is 0.260. The maximum absolute atomic E-state index is 12.5. The Morgan fingerprint density at radius 1 is 0.971 bits per heavy atom. The van der Waals surface area contributed by atoms with Crippen molar-refractivity contribution in [2.24, 2.45) is 5.10 Å². The molecule has 1 amide bonds. The lowest BCUT2D eigenvalue weighted by molar-refractivity contribution is 0.0954. The van der Waals surface area contributed by atoms with Crippen molar-refractivity contribution in [3.05, 3.63) is 81.8 Å². The molecule has 0 spiro atoms. The van der Waals surface area contributed by atoms with Gasteiger partial charge < -0.3 is 18.9 Å². The highest BCUT2D eigenvalue weighted by Gasteiger charge is 2.13. The number of benzene rings is 3. The number of carbonyl (C=O) groups excluding carboxylic acids is 1. The van der Waals surface area contributed by atoms with Crippen LogP contribution in [0.15, 0.2) is 70.2 Å². The van der Waals surface area contributed by atoms with Gasteiger partial charge in [0.15, 0.2) is 23.0 Å². The van der Waals surface area contributed by atoms with E-state index in [9.17, 15) is 4.79 Å². The van der Waals surface area contributed by atoms with Crippen LogP contribution in [0.1, 0.15) is 34.8 Å². The second kappa shape index (κ2) is 12.6. The molecule has 3 rings (SSSR count). The molecule has 0 unspecified atom stereocenters. The molecule has 3 aromatic carbocycles. The van der Waals surface area contributed by atoms with E-state index in [2.05, 4.69) is 26.5 Å². The molecule has 0 aliphatic heterocycles. The van der Waals surface area contributed by atoms with Crippen LogP contribution in [0, 0.1) is 0 Å². The van der Waals surface area contributed by atoms with Crippen molar-refractivity contribution in [1.29, 1.82) is 0 Å². The zero-order valence-electron chi connectivity index (χ0n) is 19.3. The van der Waals surface area contributed by atoms with Crippen LogP contribution in [-0.2, 0) is 6.61 Å². The predicted octanol–water partition coefficient (Wildman–Crippen LogP) is 5.60. The summed E-state index contributed by atoms with van der Waals surface area (Å²) in [6, 6.07) is 18.5. The summed E-state index contributed by atoms with van der Waals surface area (Å²) < 4.78 is 23.1. The number of hydrogen-bond acceptors (Lipinski definition) is 6. The topological polar surface area (TPSA) is 78.4 Å². The van der Waals surface area contributed by atoms with Crippen molar-refractivity contribution in [3.63, 3.8) is 0 Å². The Balaban J connectivity index is 1.67. The van der Waals surface area contributed by atoms with E-state index in [1.807, 2.05) is 43.3 Å². The molecule has 0 aliphatic carbocycles. The number of nitrogens with zero attached hydrogens (tertiary/aromatic N) is 1. The van der Waals surface area contributed by atoms with Gasteiger partial charge in [-0.1, -0.05) is 37.3 Å². The van der Waals surface area contributed by atoms with E-state index in [1.165, 1.54) is 13.3 Å². The third-order valence-electron chi connectivity index (χ3n) is 4.74. The number of hydrazone groups is 1. The second-order valence-corrected chi connectivity index (χ2v) is 8.08. The van der Waals surface area contributed by atoms with Crippen LogP contribution in [0.3, 0.4) is 0 Å². The fraction of sp³-hybridized carbons (Fsp3) is 0.231. The summed E-state index contributed by atoms with van der Waals surface area (Å²) in [6.45, 7) is 3.00. The average molecular weight is 527 g/mol. The lowest BCUT2D eigenvalue weighted by Crippen LogP contribution is -2.17. The smallest absolute Gasteiger partial charge is 0.271 e. The Hall–Kier alpha value is -3.52. The van der Waals surface area contributed by atoms with Gasteiger partial charge in [-0.15, -0.1) is 0 Å². The number of rotatable bonds is 11. The Morgan fingerprint density at radius 3 is 2.44 bits per heavy atom. The fourth-order valence-electron chi connectivity index (χ4n) is 3.05. The number of nitrogens with one attached hydrogen (secondary N) is 1. The Kier molecular flexibility index (Phi) is 9.34. The molecule has 8 heteroatoms. The third-order valence-corrected chi connectivity index (χ3v) is 5.33. The van der Waals surface area contributed by atoms with Gasteiger partial charge in [-0.2, -0.15) is 5.10 Å². The number of ether oxygens (including phenoxy) is 4. The molecule has 0 saturated carbocycles. The molecular formula is C26H27BrN2O5. The summed E-state index contributed by atoms with van der Waals surface area (Å²) in [4.78, 5) is 12.5. The van der Waals surface area contributed by atoms with Crippen LogP contribution in [0.25, 0.3) is 0 Å². The summed E-state index contributed by atoms with van der Waals surface area (Å²) in [5.41, 5.74) is 4.70. The lowest BCUT2D eigenvalue weighted by Gasteiger charge is -2.13. The highest BCUT2D eigenvalue weighted by Crippen LogP contribution is 2.37. The van der Waals surface area contributed by atoms with Crippen LogP contribution < -0.4 is 24.4 Å². The molecule has 1 N–H and O–H groups in total. The Morgan fingerprint density at radius 2 is 1.74 bits per heavy atom. The third kappa shape index (κ3) is 6.74. The average Bonchev–Trinajstić information content (AvgIpc) is 2.86. The molecule has 0 saturated heterocycles. The van der Waals surface area contributed by atoms with Crippen molar-refractivity contribution >= 4 is 28.1 Å². The molecule has 178 valence electrons. The zero-order valence-corrected chi connectivity index (χ0v) is 20.9. The van der Waals surface area contributed by atoms with Crippen LogP contribution in [0.4, 0.5) is 0 Å². The molecular weight excluding hydrogens is 500 g/mol. The van der Waals surface area contributed by atoms with Gasteiger partial charge in [0.05, 0.1) is 31.5 Å². The van der Waals surface area contributed by atoms with Gasteiger partial charge in [-0.25, -0.2) is 5.43 Å². The van der Waals surface area contributed by atoms with Gasteiger partial charge in [0, 0.05) is 5.56 Å². The molecule has 0 radical (unpaired) electrons. The molecule has 3 aromatic rings. The first kappa shape index (κ1) is 25.1. The minimum atomic E-state index is -0.370. The molecule has 0 heterocycles. The standard InChI is InChI=1S/C26H27BrN2O5/c1-4-12-33-22-11-10-20(15-23(22)31-2)26(30)29-28-16-19-13-21(27)25(24(14-19)32-3)34-17-18-8-6-5-7-9-18/h5-11,13-16H,4,12,17H2,1-3H3,(H,29,30)/b28-16+. The lowest BCUT2D eigenvalue weighted by atomic mass is 10.2. The number of amides is 1. The number of hydrogen-bond donors (Lipinski definition) is 1. The van der Waals surface area contributed by atoms with E-state index < -0.39 is 0 Å². The number of halogens is 1. The van der Waals surface area contributed by atoms with E-state index >= 15 is 0 Å². The van der Waals surface area contributed by atoms with Gasteiger partial charge in [-0.3, -0.25) is 4.79 Å². The number of carbonyl (C=O) groups is 1. The first-order valence-corrected chi connectivity index (χ1v) is 11.5. The normalized spacial score (nSPS) is 10.7. The molecule has 7 nitrogen and oxygen atoms in total. The summed E-state index contributed by atoms with van der Waals surface area (Å²) in [5.74, 6) is 1.85. The summed E-state index contributed by atoms with van der Waals surface area (Å²) in [7, 11) is 3.10. The van der Waals surface area contributed by atoms with Gasteiger partial charge in [0.1, 0.15) is 6.61 Å². The van der Waals surface area contributed by atoms with Crippen molar-refractivity contribution < 1.29 is 23.7 Å². The Bertz CT molecular complexity index is 1140. The van der Waals surface area contributed by atoms with E-state index in [-0.39, 0.29) is 5.91 Å². The largest absolute Gasteiger partial charge is 0.493 e. The maximum Gasteiger partial charge on any atom is 0.271 e. The molecule has 0 bridgehead atoms. The van der Waals surface area contributed by atoms with Crippen molar-refractivity contribution in [2.75, 3.05) is 20.8 Å². The van der Waals surface area contributed by atoms with Crippen LogP contribution >= 0.6 is 15.9 Å². The zero-order chi connectivity index (χ0) is 24.3. The number of methoxy groups -OCH3 is 2. The molecule has 0 aromatic heterocycles. The van der Waals surface area contributed by atoms with E-state index in [1.54, 1.807) is 31.4 Å². The van der Waals surface area contributed by atoms with Gasteiger partial charge >= 0.3 is 0 Å². The predicted molar refractivity (Wildman–Crippen MR) is 135 cm³/mol. The minimum Gasteiger partial charge on any atom is -0.493 e. The summed E-state index contributed by atoms with van der Waals surface area (Å²) in [5, 5.41) is 4.07. The Labute approximate surface area is 207 Å². The van der Waals surface area contributed by atoms with E-state index in [4.69, 9.17) is 18.9 Å². The van der Waals surface area contributed by atoms with Gasteiger partial charge in [0.25, 0.3) is 5.91 Å². The molecule has 0 atom stereocenters. The monoisotopic (exact) mass is 526 g/mol. The van der Waals surface area contributed by atoms with Crippen molar-refractivity contribution in [3.8, 4) is 23.0 Å². The van der Waals surface area contributed by atoms with Gasteiger partial charge in [0.2, 0.25) is 0 Å². The highest BCUT2D eigenvalue weighted by molar-refractivity contribution is 9.10. The molecule has 34 heavy (non-hydrogen) atoms. The van der Waals surface area contributed by atoms with Gasteiger partial charge in [-0.05, 0) is 63.8 Å². The SMILES string of the molecule is CCCOc1ccc(C(=O)N/N=C/c2cc(Br)c(OCc3ccccc3)c(OC)c2)cc1OC. The van der Waals surface area contributed by atoms with Crippen LogP contribution in [0.5, 0.6) is 23.0 Å².